The van der Waals surface area contributed by atoms with E-state index in [1.807, 2.05) is 36.7 Å². The summed E-state index contributed by atoms with van der Waals surface area (Å²) in [5.41, 5.74) is 8.58. The zero-order valence-electron chi connectivity index (χ0n) is 21.3. The zero-order chi connectivity index (χ0) is 28.4. The highest BCUT2D eigenvalue weighted by Crippen LogP contribution is 2.19. The summed E-state index contributed by atoms with van der Waals surface area (Å²) in [6.07, 6.45) is 7.19. The number of fused-ring (bicyclic) bond motifs is 1. The number of carboxylic acids is 1. The first-order valence-electron chi connectivity index (χ1n) is 12.2. The molecule has 0 saturated heterocycles. The number of nitrogens with two attached hydrogens (primary N) is 1. The Labute approximate surface area is 235 Å². The number of imidazole rings is 1. The molecule has 0 radical (unpaired) electrons. The number of amides is 3. The average molecular weight is 576 g/mol. The van der Waals surface area contributed by atoms with Crippen molar-refractivity contribution < 1.29 is 24.3 Å². The van der Waals surface area contributed by atoms with Gasteiger partial charge in [-0.25, -0.2) is 9.78 Å². The SMILES string of the molecule is CSCCC(NC(=O)C(N)Cc1c[nH]c2ccccc12)C(=O)NC(Cc1cnc[nH]1)C(=O)NC(CS)C(=O)O. The van der Waals surface area contributed by atoms with Crippen LogP contribution in [0.15, 0.2) is 43.0 Å². The van der Waals surface area contributed by atoms with E-state index < -0.39 is 47.9 Å². The molecule has 8 N–H and O–H groups in total. The smallest absolute Gasteiger partial charge is 0.327 e. The second-order valence-electron chi connectivity index (χ2n) is 8.94. The first-order valence-corrected chi connectivity index (χ1v) is 14.3. The molecule has 3 rings (SSSR count). The second kappa shape index (κ2) is 14.6. The number of aromatic amines is 2. The van der Waals surface area contributed by atoms with Gasteiger partial charge in [0.15, 0.2) is 0 Å². The number of nitrogens with one attached hydrogen (secondary N) is 5. The Kier molecular flexibility index (Phi) is 11.3. The zero-order valence-corrected chi connectivity index (χ0v) is 23.1. The summed E-state index contributed by atoms with van der Waals surface area (Å²) in [6, 6.07) is 3.43. The van der Waals surface area contributed by atoms with Gasteiger partial charge in [-0.1, -0.05) is 18.2 Å². The maximum atomic E-state index is 13.3. The van der Waals surface area contributed by atoms with E-state index >= 15 is 0 Å². The van der Waals surface area contributed by atoms with Crippen LogP contribution < -0.4 is 21.7 Å². The lowest BCUT2D eigenvalue weighted by molar-refractivity contribution is -0.141. The van der Waals surface area contributed by atoms with Gasteiger partial charge in [0.1, 0.15) is 18.1 Å². The van der Waals surface area contributed by atoms with Crippen LogP contribution in [0.5, 0.6) is 0 Å². The summed E-state index contributed by atoms with van der Waals surface area (Å²) in [7, 11) is 0. The van der Waals surface area contributed by atoms with Gasteiger partial charge >= 0.3 is 5.97 Å². The highest BCUT2D eigenvalue weighted by molar-refractivity contribution is 7.98. The highest BCUT2D eigenvalue weighted by Gasteiger charge is 2.30. The van der Waals surface area contributed by atoms with Gasteiger partial charge in [0.25, 0.3) is 0 Å². The van der Waals surface area contributed by atoms with Crippen LogP contribution in [0.25, 0.3) is 10.9 Å². The predicted molar refractivity (Wildman–Crippen MR) is 153 cm³/mol. The summed E-state index contributed by atoms with van der Waals surface area (Å²) >= 11 is 5.47. The molecule has 3 amide bonds. The van der Waals surface area contributed by atoms with Crippen LogP contribution in [-0.2, 0) is 32.0 Å². The van der Waals surface area contributed by atoms with Crippen LogP contribution in [0, 0.1) is 0 Å². The van der Waals surface area contributed by atoms with Gasteiger partial charge in [-0.05, 0) is 36.5 Å². The number of carboxylic acid groups (broad SMARTS) is 1. The van der Waals surface area contributed by atoms with Gasteiger partial charge in [-0.2, -0.15) is 24.4 Å². The molecule has 0 aliphatic heterocycles. The van der Waals surface area contributed by atoms with Crippen LogP contribution in [0.1, 0.15) is 17.7 Å². The van der Waals surface area contributed by atoms with E-state index in [-0.39, 0.29) is 18.6 Å². The van der Waals surface area contributed by atoms with E-state index in [9.17, 15) is 24.3 Å². The average Bonchev–Trinajstić information content (AvgIpc) is 3.58. The van der Waals surface area contributed by atoms with E-state index in [4.69, 9.17) is 5.73 Å². The Balaban J connectivity index is 1.71. The molecule has 2 aromatic heterocycles. The molecule has 1 aromatic carbocycles. The molecule has 210 valence electrons. The summed E-state index contributed by atoms with van der Waals surface area (Å²) in [5.74, 6) is -2.61. The quantitative estimate of drug-likeness (QED) is 0.118. The summed E-state index contributed by atoms with van der Waals surface area (Å²) in [6.45, 7) is 0. The van der Waals surface area contributed by atoms with Crippen molar-refractivity contribution >= 4 is 59.0 Å². The molecule has 39 heavy (non-hydrogen) atoms. The van der Waals surface area contributed by atoms with Crippen molar-refractivity contribution in [3.63, 3.8) is 0 Å². The van der Waals surface area contributed by atoms with Crippen molar-refractivity contribution in [2.45, 2.75) is 43.4 Å². The predicted octanol–water partition coefficient (Wildman–Crippen LogP) is 0.225. The molecule has 14 heteroatoms. The van der Waals surface area contributed by atoms with Crippen LogP contribution >= 0.6 is 24.4 Å². The fourth-order valence-corrected chi connectivity index (χ4v) is 4.69. The normalized spacial score (nSPS) is 14.2. The first-order chi connectivity index (χ1) is 18.7. The van der Waals surface area contributed by atoms with E-state index in [1.165, 1.54) is 24.3 Å². The number of para-hydroxylation sites is 1. The van der Waals surface area contributed by atoms with Crippen molar-refractivity contribution in [2.75, 3.05) is 17.8 Å². The number of rotatable bonds is 15. The fraction of sp³-hybridized carbons (Fsp3) is 0.400. The summed E-state index contributed by atoms with van der Waals surface area (Å²) in [4.78, 5) is 60.6. The Morgan fingerprint density at radius 3 is 2.38 bits per heavy atom. The number of hydrogen-bond acceptors (Lipinski definition) is 8. The van der Waals surface area contributed by atoms with Crippen LogP contribution in [-0.4, -0.2) is 85.7 Å². The van der Waals surface area contributed by atoms with Crippen molar-refractivity contribution in [1.82, 2.24) is 30.9 Å². The summed E-state index contributed by atoms with van der Waals surface area (Å²) in [5, 5.41) is 18.0. The minimum Gasteiger partial charge on any atom is -0.480 e. The molecule has 3 aromatic rings. The molecule has 0 aliphatic rings. The number of H-pyrrole nitrogens is 2. The van der Waals surface area contributed by atoms with Crippen molar-refractivity contribution in [3.8, 4) is 0 Å². The Morgan fingerprint density at radius 1 is 1.03 bits per heavy atom. The Hall–Kier alpha value is -3.49. The first kappa shape index (κ1) is 30.1. The van der Waals surface area contributed by atoms with Gasteiger partial charge in [0.05, 0.1) is 12.4 Å². The van der Waals surface area contributed by atoms with Gasteiger partial charge in [0.2, 0.25) is 17.7 Å². The fourth-order valence-electron chi connectivity index (χ4n) is 3.97. The third-order valence-electron chi connectivity index (χ3n) is 6.10. The number of carbonyl (C=O) groups excluding carboxylic acids is 3. The van der Waals surface area contributed by atoms with E-state index in [2.05, 4.69) is 43.5 Å². The van der Waals surface area contributed by atoms with Crippen molar-refractivity contribution in [3.05, 3.63) is 54.2 Å². The molecular formula is C25H33N7O5S2. The van der Waals surface area contributed by atoms with Gasteiger partial charge < -0.3 is 36.8 Å². The highest BCUT2D eigenvalue weighted by atomic mass is 32.2. The number of benzene rings is 1. The molecule has 2 heterocycles. The number of hydrogen-bond donors (Lipinski definition) is 8. The number of aliphatic carboxylic acids is 1. The van der Waals surface area contributed by atoms with Crippen LogP contribution in [0.2, 0.25) is 0 Å². The van der Waals surface area contributed by atoms with Gasteiger partial charge in [-0.15, -0.1) is 0 Å². The van der Waals surface area contributed by atoms with E-state index in [0.29, 0.717) is 17.9 Å². The molecule has 0 fully saturated rings. The van der Waals surface area contributed by atoms with Crippen LogP contribution in [0.3, 0.4) is 0 Å². The number of thioether (sulfide) groups is 1. The number of carbonyl (C=O) groups is 4. The molecular weight excluding hydrogens is 542 g/mol. The van der Waals surface area contributed by atoms with Crippen molar-refractivity contribution in [2.24, 2.45) is 5.73 Å². The number of aromatic nitrogens is 3. The molecule has 0 aliphatic carbocycles. The second-order valence-corrected chi connectivity index (χ2v) is 10.3. The van der Waals surface area contributed by atoms with Crippen molar-refractivity contribution in [1.29, 1.82) is 0 Å². The summed E-state index contributed by atoms with van der Waals surface area (Å²) < 4.78 is 0. The largest absolute Gasteiger partial charge is 0.480 e. The topological polar surface area (TPSA) is 195 Å². The lowest BCUT2D eigenvalue weighted by Crippen LogP contribution is -2.58. The van der Waals surface area contributed by atoms with Gasteiger partial charge in [-0.3, -0.25) is 14.4 Å². The Bertz CT molecular complexity index is 1270. The standard InChI is InChI=1S/C25H33N7O5S2/c1-39-7-6-19(30-22(33)17(26)8-14-10-28-18-5-3-2-4-16(14)18)23(34)31-20(9-15-11-27-13-29-15)24(35)32-21(12-38)25(36)37/h2-5,10-11,13,17,19-21,28,38H,6-9,12,26H2,1H3,(H,27,29)(H,30,33)(H,31,34)(H,32,35)(H,36,37). The van der Waals surface area contributed by atoms with E-state index in [0.717, 1.165) is 16.5 Å². The Morgan fingerprint density at radius 2 is 1.72 bits per heavy atom. The molecule has 0 saturated carbocycles. The number of nitrogens with zero attached hydrogens (tertiary/aromatic N) is 1. The minimum absolute atomic E-state index is 0.0275. The maximum Gasteiger partial charge on any atom is 0.327 e. The molecule has 4 atom stereocenters. The third kappa shape index (κ3) is 8.50. The van der Waals surface area contributed by atoms with Crippen LogP contribution in [0.4, 0.5) is 0 Å². The molecule has 0 bridgehead atoms. The monoisotopic (exact) mass is 575 g/mol. The molecule has 12 nitrogen and oxygen atoms in total. The molecule has 4 unspecified atom stereocenters. The number of thiol groups is 1. The van der Waals surface area contributed by atoms with Gasteiger partial charge in [0, 0.05) is 41.2 Å². The lowest BCUT2D eigenvalue weighted by atomic mass is 10.0. The van der Waals surface area contributed by atoms with E-state index in [1.54, 1.807) is 0 Å². The minimum atomic E-state index is -1.25. The lowest BCUT2D eigenvalue weighted by Gasteiger charge is -2.25. The maximum absolute atomic E-state index is 13.3. The third-order valence-corrected chi connectivity index (χ3v) is 7.11. The molecule has 0 spiro atoms.